The lowest BCUT2D eigenvalue weighted by Gasteiger charge is -1.75. The molecule has 0 radical (unpaired) electrons. The fraction of sp³-hybridized carbons (Fsp3) is 0.714. The normalized spacial score (nSPS) is 6.42. The molecule has 0 atom stereocenters. The van der Waals surface area contributed by atoms with Crippen LogP contribution in [0.25, 0.3) is 0 Å². The average molecular weight is 178 g/mol. The lowest BCUT2D eigenvalue weighted by atomic mass is 10.9. The molecular formula is C7H22N4O. The van der Waals surface area contributed by atoms with E-state index in [1.54, 1.807) is 20.3 Å². The molecule has 5 heteroatoms. The first-order chi connectivity index (χ1) is 5.24. The highest BCUT2D eigenvalue weighted by Crippen LogP contribution is 1.41. The number of hydrogen-bond donors (Lipinski definition) is 3. The summed E-state index contributed by atoms with van der Waals surface area (Å²) >= 11 is 0. The fourth-order valence-electron chi connectivity index (χ4n) is 0.129. The summed E-state index contributed by atoms with van der Waals surface area (Å²) in [5.41, 5.74) is 4.84. The van der Waals surface area contributed by atoms with Gasteiger partial charge in [-0.1, -0.05) is 7.43 Å². The van der Waals surface area contributed by atoms with Gasteiger partial charge >= 0.3 is 0 Å². The molecule has 0 aromatic rings. The first-order valence-corrected chi connectivity index (χ1v) is 3.16. The molecule has 0 aromatic carbocycles. The topological polar surface area (TPSA) is 79.5 Å². The van der Waals surface area contributed by atoms with Crippen LogP contribution >= 0.6 is 0 Å². The number of nitrogens with zero attached hydrogens (tertiary/aromatic N) is 1. The van der Waals surface area contributed by atoms with Crippen LogP contribution in [0.5, 0.6) is 0 Å². The molecule has 0 unspecified atom stereocenters. The molecule has 0 bridgehead atoms. The van der Waals surface area contributed by atoms with Gasteiger partial charge in [-0.2, -0.15) is 5.10 Å². The Balaban J connectivity index is -0.0000000406. The van der Waals surface area contributed by atoms with Crippen LogP contribution in [0.1, 0.15) is 21.3 Å². The number of nitrogens with one attached hydrogen (secondary N) is 2. The Kier molecular flexibility index (Phi) is 93.7. The molecule has 0 aliphatic carbocycles. The molecular weight excluding hydrogens is 156 g/mol. The second-order valence-electron chi connectivity index (χ2n) is 1.14. The van der Waals surface area contributed by atoms with E-state index in [1.807, 2.05) is 6.92 Å². The average Bonchev–Trinajstić information content (AvgIpc) is 1.92. The second kappa shape index (κ2) is 50.1. The molecule has 4 N–H and O–H groups in total. The minimum atomic E-state index is 0. The lowest BCUT2D eigenvalue weighted by Crippen LogP contribution is -2.13. The summed E-state index contributed by atoms with van der Waals surface area (Å²) < 4.78 is 0. The number of aldehydes is 1. The van der Waals surface area contributed by atoms with Crippen molar-refractivity contribution in [1.29, 1.82) is 0 Å². The van der Waals surface area contributed by atoms with E-state index < -0.39 is 0 Å². The molecule has 0 saturated carbocycles. The highest BCUT2D eigenvalue weighted by atomic mass is 16.1. The highest BCUT2D eigenvalue weighted by molar-refractivity contribution is 5.52. The predicted octanol–water partition coefficient (Wildman–Crippen LogP) is 0.132. The van der Waals surface area contributed by atoms with E-state index >= 15 is 0 Å². The zero-order chi connectivity index (χ0) is 9.54. The molecule has 0 aromatic heterocycles. The Hall–Kier alpha value is -0.940. The Morgan fingerprint density at radius 1 is 1.33 bits per heavy atom. The van der Waals surface area contributed by atoms with Gasteiger partial charge in [-0.3, -0.25) is 11.3 Å². The van der Waals surface area contributed by atoms with E-state index in [0.29, 0.717) is 0 Å². The van der Waals surface area contributed by atoms with Crippen LogP contribution in [0, 0.1) is 0 Å². The third-order valence-electron chi connectivity index (χ3n) is 0.258. The smallest absolute Gasteiger partial charge is 0.116 e. The van der Waals surface area contributed by atoms with E-state index in [9.17, 15) is 0 Å². The van der Waals surface area contributed by atoms with Gasteiger partial charge in [-0.15, -0.1) is 0 Å². The van der Waals surface area contributed by atoms with E-state index in [1.165, 1.54) is 6.92 Å². The Morgan fingerprint density at radius 2 is 1.58 bits per heavy atom. The third-order valence-corrected chi connectivity index (χ3v) is 0.258. The summed E-state index contributed by atoms with van der Waals surface area (Å²) in [7, 11) is 3.42. The van der Waals surface area contributed by atoms with Crippen LogP contribution in [-0.2, 0) is 4.79 Å². The number of nitrogens with two attached hydrogens (primary N) is 1. The van der Waals surface area contributed by atoms with Crippen molar-refractivity contribution in [2.45, 2.75) is 21.3 Å². The highest BCUT2D eigenvalue weighted by Gasteiger charge is 1.44. The van der Waals surface area contributed by atoms with Crippen LogP contribution in [0.2, 0.25) is 0 Å². The monoisotopic (exact) mass is 178 g/mol. The van der Waals surface area contributed by atoms with E-state index in [2.05, 4.69) is 21.8 Å². The van der Waals surface area contributed by atoms with E-state index in [4.69, 9.17) is 4.79 Å². The predicted molar refractivity (Wildman–Crippen MR) is 54.9 cm³/mol. The van der Waals surface area contributed by atoms with Gasteiger partial charge in [0.05, 0.1) is 0 Å². The van der Waals surface area contributed by atoms with Gasteiger partial charge in [0.15, 0.2) is 0 Å². The van der Waals surface area contributed by atoms with Crippen molar-refractivity contribution in [2.75, 3.05) is 14.1 Å². The zero-order valence-corrected chi connectivity index (χ0v) is 7.59. The maximum atomic E-state index is 8.81. The summed E-state index contributed by atoms with van der Waals surface area (Å²) in [4.78, 5) is 8.81. The maximum Gasteiger partial charge on any atom is 0.116 e. The number of rotatable bonds is 1. The molecule has 0 spiro atoms. The maximum absolute atomic E-state index is 8.81. The summed E-state index contributed by atoms with van der Waals surface area (Å²) in [6, 6.07) is 0. The van der Waals surface area contributed by atoms with Gasteiger partial charge in [0.1, 0.15) is 6.29 Å². The van der Waals surface area contributed by atoms with Crippen molar-refractivity contribution in [3.63, 3.8) is 0 Å². The largest absolute Gasteiger partial charge is 0.313 e. The van der Waals surface area contributed by atoms with Crippen LogP contribution in [0.4, 0.5) is 0 Å². The quantitative estimate of drug-likeness (QED) is 0.231. The summed E-state index contributed by atoms with van der Waals surface area (Å²) in [6.07, 6.45) is 2.44. The van der Waals surface area contributed by atoms with Gasteiger partial charge < -0.3 is 10.2 Å². The summed E-state index contributed by atoms with van der Waals surface area (Å²) in [6.45, 7) is 3.30. The first kappa shape index (κ1) is 22.5. The third kappa shape index (κ3) is 524. The minimum Gasteiger partial charge on any atom is -0.313 e. The van der Waals surface area contributed by atoms with Crippen molar-refractivity contribution >= 4 is 12.5 Å². The molecule has 12 heavy (non-hydrogen) atoms. The molecule has 76 valence electrons. The standard InChI is InChI=1S/C3H8N2.C2H4O.CH6N2.CH4/c1-3-5-4-2;1-2-3;1-3-2;/h3-4H,1-2H3;2H,1H3;3H,2H2,1H3;1H4/b5-3+;;;. The summed E-state index contributed by atoms with van der Waals surface area (Å²) in [5.74, 6) is 4.60. The molecule has 0 rings (SSSR count). The molecule has 0 fully saturated rings. The number of carbonyl (C=O) groups excluding carboxylic acids is 1. The lowest BCUT2D eigenvalue weighted by molar-refractivity contribution is -0.106. The van der Waals surface area contributed by atoms with Gasteiger partial charge in [0.25, 0.3) is 0 Å². The van der Waals surface area contributed by atoms with Crippen molar-refractivity contribution in [3.8, 4) is 0 Å². The Labute approximate surface area is 75.4 Å². The Bertz CT molecular complexity index is 75.8. The molecule has 5 nitrogen and oxygen atoms in total. The number of hydrazine groups is 1. The molecule has 0 heterocycles. The molecule has 0 saturated heterocycles. The van der Waals surface area contributed by atoms with Crippen molar-refractivity contribution in [2.24, 2.45) is 10.9 Å². The number of carbonyl (C=O) groups is 1. The minimum absolute atomic E-state index is 0. The van der Waals surface area contributed by atoms with Crippen LogP contribution in [0.3, 0.4) is 0 Å². The van der Waals surface area contributed by atoms with Crippen LogP contribution in [-0.4, -0.2) is 26.6 Å². The Morgan fingerprint density at radius 3 is 1.58 bits per heavy atom. The van der Waals surface area contributed by atoms with Crippen molar-refractivity contribution in [3.05, 3.63) is 0 Å². The van der Waals surface area contributed by atoms with Gasteiger partial charge in [0, 0.05) is 13.3 Å². The van der Waals surface area contributed by atoms with E-state index in [0.717, 1.165) is 6.29 Å². The van der Waals surface area contributed by atoms with Gasteiger partial charge in [-0.05, 0) is 20.9 Å². The van der Waals surface area contributed by atoms with Crippen LogP contribution in [0.15, 0.2) is 5.10 Å². The first-order valence-electron chi connectivity index (χ1n) is 3.16. The number of hydrazone groups is 1. The summed E-state index contributed by atoms with van der Waals surface area (Å²) in [5, 5.41) is 3.60. The molecule has 0 aliphatic heterocycles. The molecule has 0 amide bonds. The van der Waals surface area contributed by atoms with Crippen molar-refractivity contribution in [1.82, 2.24) is 10.9 Å². The van der Waals surface area contributed by atoms with Crippen LogP contribution < -0.4 is 16.7 Å². The second-order valence-corrected chi connectivity index (χ2v) is 1.14. The van der Waals surface area contributed by atoms with E-state index in [-0.39, 0.29) is 7.43 Å². The van der Waals surface area contributed by atoms with Crippen molar-refractivity contribution < 1.29 is 4.79 Å². The molecule has 0 aliphatic rings. The van der Waals surface area contributed by atoms with Gasteiger partial charge in [0.2, 0.25) is 0 Å². The zero-order valence-electron chi connectivity index (χ0n) is 7.59. The SMILES string of the molecule is C.C/C=N/NC.CC=O.CNN. The number of hydrogen-bond acceptors (Lipinski definition) is 5. The fourth-order valence-corrected chi connectivity index (χ4v) is 0.129. The van der Waals surface area contributed by atoms with Gasteiger partial charge in [-0.25, -0.2) is 0 Å².